The number of aromatic nitrogens is 1. The van der Waals surface area contributed by atoms with Gasteiger partial charge in [0, 0.05) is 6.20 Å². The summed E-state index contributed by atoms with van der Waals surface area (Å²) in [6.07, 6.45) is -1.25. The lowest BCUT2D eigenvalue weighted by Crippen LogP contribution is -2.10. The van der Waals surface area contributed by atoms with Crippen molar-refractivity contribution in [3.8, 4) is 0 Å². The van der Waals surface area contributed by atoms with Crippen molar-refractivity contribution in [3.63, 3.8) is 0 Å². The van der Waals surface area contributed by atoms with E-state index >= 15 is 0 Å². The van der Waals surface area contributed by atoms with Gasteiger partial charge in [0.2, 0.25) is 0 Å². The largest absolute Gasteiger partial charge is 0.417 e. The van der Waals surface area contributed by atoms with Crippen molar-refractivity contribution in [2.45, 2.75) is 12.1 Å². The predicted octanol–water partition coefficient (Wildman–Crippen LogP) is 3.10. The van der Waals surface area contributed by atoms with E-state index in [1.165, 1.54) is 26.6 Å². The third-order valence-corrected chi connectivity index (χ3v) is 2.47. The Hall–Kier alpha value is -1.83. The third-order valence-electron chi connectivity index (χ3n) is 2.17. The lowest BCUT2D eigenvalue weighted by Gasteiger charge is -2.11. The molecule has 20 heavy (non-hydrogen) atoms. The first-order valence-electron chi connectivity index (χ1n) is 5.26. The summed E-state index contributed by atoms with van der Waals surface area (Å²) >= 11 is 5.82. The monoisotopic (exact) mass is 309 g/mol. The molecule has 0 aliphatic carbocycles. The third kappa shape index (κ3) is 4.37. The van der Waals surface area contributed by atoms with E-state index in [9.17, 15) is 13.2 Å². The number of pyridine rings is 1. The normalized spacial score (nSPS) is 12.6. The van der Waals surface area contributed by atoms with Gasteiger partial charge in [0.1, 0.15) is 14.2 Å². The molecule has 0 N–H and O–H groups in total. The number of alkyl halides is 3. The van der Waals surface area contributed by atoms with E-state index < -0.39 is 17.7 Å². The molecule has 0 fully saturated rings. The Kier molecular flexibility index (Phi) is 5.75. The summed E-state index contributed by atoms with van der Waals surface area (Å²) in [4.78, 5) is 12.7. The fraction of sp³-hybridized carbons (Fsp3) is 0.364. The SMILES string of the molecule is CO/N=C/C(/C=N/OC)c1ncc(C(F)(F)F)cc1Cl. The number of nitrogens with zero attached hydrogens (tertiary/aromatic N) is 3. The van der Waals surface area contributed by atoms with Crippen molar-refractivity contribution in [2.75, 3.05) is 14.2 Å². The van der Waals surface area contributed by atoms with Gasteiger partial charge in [-0.2, -0.15) is 13.2 Å². The molecule has 9 heteroatoms. The molecule has 110 valence electrons. The van der Waals surface area contributed by atoms with Crippen LogP contribution in [0.4, 0.5) is 13.2 Å². The summed E-state index contributed by atoms with van der Waals surface area (Å²) in [7, 11) is 2.64. The molecule has 0 aliphatic rings. The van der Waals surface area contributed by atoms with Crippen molar-refractivity contribution in [3.05, 3.63) is 28.5 Å². The molecule has 1 aromatic rings. The van der Waals surface area contributed by atoms with E-state index in [1.54, 1.807) is 0 Å². The smallest absolute Gasteiger partial charge is 0.399 e. The van der Waals surface area contributed by atoms with Gasteiger partial charge in [0.15, 0.2) is 0 Å². The zero-order chi connectivity index (χ0) is 15.2. The van der Waals surface area contributed by atoms with Crippen molar-refractivity contribution in [1.29, 1.82) is 0 Å². The number of hydrogen-bond acceptors (Lipinski definition) is 5. The van der Waals surface area contributed by atoms with Gasteiger partial charge in [-0.15, -0.1) is 0 Å². The Bertz CT molecular complexity index is 492. The van der Waals surface area contributed by atoms with Gasteiger partial charge in [-0.25, -0.2) is 0 Å². The second kappa shape index (κ2) is 7.09. The molecule has 0 bridgehead atoms. The Morgan fingerprint density at radius 1 is 1.25 bits per heavy atom. The van der Waals surface area contributed by atoms with Crippen LogP contribution in [-0.4, -0.2) is 31.6 Å². The number of oxime groups is 2. The lowest BCUT2D eigenvalue weighted by atomic mass is 10.1. The van der Waals surface area contributed by atoms with Crippen LogP contribution in [0.2, 0.25) is 5.02 Å². The van der Waals surface area contributed by atoms with Gasteiger partial charge < -0.3 is 9.68 Å². The van der Waals surface area contributed by atoms with Crippen LogP contribution in [0.25, 0.3) is 0 Å². The van der Waals surface area contributed by atoms with E-state index in [0.29, 0.717) is 6.20 Å². The number of halogens is 4. The topological polar surface area (TPSA) is 56.1 Å². The van der Waals surface area contributed by atoms with Crippen LogP contribution in [0.3, 0.4) is 0 Å². The van der Waals surface area contributed by atoms with Crippen LogP contribution in [0.1, 0.15) is 17.2 Å². The maximum absolute atomic E-state index is 12.5. The highest BCUT2D eigenvalue weighted by Crippen LogP contribution is 2.32. The molecule has 0 spiro atoms. The van der Waals surface area contributed by atoms with Crippen LogP contribution < -0.4 is 0 Å². The average Bonchev–Trinajstić information content (AvgIpc) is 2.38. The second-order valence-electron chi connectivity index (χ2n) is 3.49. The van der Waals surface area contributed by atoms with Crippen molar-refractivity contribution in [2.24, 2.45) is 10.3 Å². The van der Waals surface area contributed by atoms with Gasteiger partial charge in [-0.3, -0.25) is 4.98 Å². The minimum Gasteiger partial charge on any atom is -0.399 e. The van der Waals surface area contributed by atoms with Gasteiger partial charge in [-0.1, -0.05) is 21.9 Å². The van der Waals surface area contributed by atoms with E-state index in [1.807, 2.05) is 0 Å². The molecule has 0 aromatic carbocycles. The second-order valence-corrected chi connectivity index (χ2v) is 3.90. The van der Waals surface area contributed by atoms with Crippen LogP contribution in [0.15, 0.2) is 22.6 Å². The maximum Gasteiger partial charge on any atom is 0.417 e. The molecule has 0 atom stereocenters. The highest BCUT2D eigenvalue weighted by Gasteiger charge is 2.32. The molecule has 0 amide bonds. The van der Waals surface area contributed by atoms with Crippen LogP contribution >= 0.6 is 11.6 Å². The minimum atomic E-state index is -4.51. The van der Waals surface area contributed by atoms with Gasteiger partial charge in [0.05, 0.1) is 34.6 Å². The van der Waals surface area contributed by atoms with E-state index in [4.69, 9.17) is 11.6 Å². The molecule has 1 aromatic heterocycles. The van der Waals surface area contributed by atoms with Crippen LogP contribution in [0, 0.1) is 0 Å². The first kappa shape index (κ1) is 16.2. The predicted molar refractivity (Wildman–Crippen MR) is 68.0 cm³/mol. The molecule has 5 nitrogen and oxygen atoms in total. The van der Waals surface area contributed by atoms with E-state index in [-0.39, 0.29) is 10.7 Å². The van der Waals surface area contributed by atoms with Crippen LogP contribution in [-0.2, 0) is 15.9 Å². The Morgan fingerprint density at radius 3 is 2.20 bits per heavy atom. The molecule has 1 rings (SSSR count). The Balaban J connectivity index is 3.14. The fourth-order valence-electron chi connectivity index (χ4n) is 1.28. The van der Waals surface area contributed by atoms with Crippen molar-refractivity contribution in [1.82, 2.24) is 4.98 Å². The van der Waals surface area contributed by atoms with Crippen molar-refractivity contribution >= 4 is 24.0 Å². The zero-order valence-corrected chi connectivity index (χ0v) is 11.3. The van der Waals surface area contributed by atoms with Gasteiger partial charge >= 0.3 is 6.18 Å². The number of rotatable bonds is 5. The average molecular weight is 310 g/mol. The minimum absolute atomic E-state index is 0.154. The quantitative estimate of drug-likeness (QED) is 0.620. The summed E-state index contributed by atoms with van der Waals surface area (Å²) < 4.78 is 37.5. The summed E-state index contributed by atoms with van der Waals surface area (Å²) in [5.41, 5.74) is -0.779. The van der Waals surface area contributed by atoms with Crippen molar-refractivity contribution < 1.29 is 22.8 Å². The summed E-state index contributed by atoms with van der Waals surface area (Å²) in [6.45, 7) is 0. The fourth-order valence-corrected chi connectivity index (χ4v) is 1.57. The highest BCUT2D eigenvalue weighted by atomic mass is 35.5. The molecule has 0 unspecified atom stereocenters. The molecule has 0 saturated heterocycles. The Labute approximate surface area is 118 Å². The Morgan fingerprint density at radius 2 is 1.80 bits per heavy atom. The molecule has 1 heterocycles. The van der Waals surface area contributed by atoms with Gasteiger partial charge in [0.25, 0.3) is 0 Å². The molecular weight excluding hydrogens is 299 g/mol. The van der Waals surface area contributed by atoms with E-state index in [0.717, 1.165) is 6.07 Å². The summed E-state index contributed by atoms with van der Waals surface area (Å²) in [5.74, 6) is -0.676. The molecular formula is C11H11ClF3N3O2. The van der Waals surface area contributed by atoms with E-state index in [2.05, 4.69) is 25.0 Å². The highest BCUT2D eigenvalue weighted by molar-refractivity contribution is 6.31. The lowest BCUT2D eigenvalue weighted by molar-refractivity contribution is -0.137. The summed E-state index contributed by atoms with van der Waals surface area (Å²) in [5, 5.41) is 6.88. The maximum atomic E-state index is 12.5. The first-order valence-corrected chi connectivity index (χ1v) is 5.64. The summed E-state index contributed by atoms with van der Waals surface area (Å²) in [6, 6.07) is 0.790. The van der Waals surface area contributed by atoms with Gasteiger partial charge in [-0.05, 0) is 6.07 Å². The molecule has 0 saturated carbocycles. The molecule has 0 aliphatic heterocycles. The first-order chi connectivity index (χ1) is 9.40. The zero-order valence-electron chi connectivity index (χ0n) is 10.6. The number of hydrogen-bond donors (Lipinski definition) is 0. The standard InChI is InChI=1S/C11H11ClF3N3O2/c1-19-17-4-7(5-18-20-2)10-9(12)3-8(6-16-10)11(13,14)15/h3-7H,1-2H3/b17-4+,18-5+. The molecule has 0 radical (unpaired) electrons. The van der Waals surface area contributed by atoms with Crippen LogP contribution in [0.5, 0.6) is 0 Å².